The molecule has 0 radical (unpaired) electrons. The Bertz CT molecular complexity index is 362. The fraction of sp³-hybridized carbons (Fsp3) is 0.625. The van der Waals surface area contributed by atoms with Gasteiger partial charge in [0.15, 0.2) is 0 Å². The van der Waals surface area contributed by atoms with Crippen molar-refractivity contribution in [1.82, 2.24) is 5.32 Å². The van der Waals surface area contributed by atoms with Gasteiger partial charge in [-0.15, -0.1) is 11.8 Å². The van der Waals surface area contributed by atoms with Crippen molar-refractivity contribution in [2.75, 3.05) is 12.3 Å². The van der Waals surface area contributed by atoms with Crippen LogP contribution in [0.2, 0.25) is 0 Å². The van der Waals surface area contributed by atoms with Gasteiger partial charge < -0.3 is 5.32 Å². The zero-order valence-corrected chi connectivity index (χ0v) is 12.5. The van der Waals surface area contributed by atoms with Crippen LogP contribution in [0.15, 0.2) is 29.2 Å². The van der Waals surface area contributed by atoms with Crippen molar-refractivity contribution >= 4 is 11.8 Å². The summed E-state index contributed by atoms with van der Waals surface area (Å²) in [6.45, 7) is 3.30. The molecule has 2 rings (SSSR count). The maximum absolute atomic E-state index is 12.8. The van der Waals surface area contributed by atoms with Crippen molar-refractivity contribution in [2.45, 2.75) is 50.0 Å². The highest BCUT2D eigenvalue weighted by atomic mass is 32.2. The lowest BCUT2D eigenvalue weighted by Crippen LogP contribution is -2.32. The molecule has 106 valence electrons. The van der Waals surface area contributed by atoms with Crippen molar-refractivity contribution in [3.8, 4) is 0 Å². The second-order valence-electron chi connectivity index (χ2n) is 5.44. The topological polar surface area (TPSA) is 12.0 Å². The summed E-state index contributed by atoms with van der Waals surface area (Å²) in [7, 11) is 0. The molecule has 1 aliphatic carbocycles. The van der Waals surface area contributed by atoms with Crippen molar-refractivity contribution in [2.24, 2.45) is 5.92 Å². The van der Waals surface area contributed by atoms with E-state index in [0.29, 0.717) is 6.04 Å². The first-order valence-corrected chi connectivity index (χ1v) is 8.38. The number of hydrogen-bond donors (Lipinski definition) is 1. The summed E-state index contributed by atoms with van der Waals surface area (Å²) in [5, 5.41) is 3.64. The Hall–Kier alpha value is -0.540. The third-order valence-electron chi connectivity index (χ3n) is 3.57. The van der Waals surface area contributed by atoms with Gasteiger partial charge in [-0.1, -0.05) is 19.8 Å². The van der Waals surface area contributed by atoms with E-state index in [1.807, 2.05) is 23.9 Å². The van der Waals surface area contributed by atoms with Crippen molar-refractivity contribution in [1.29, 1.82) is 0 Å². The van der Waals surface area contributed by atoms with Gasteiger partial charge in [0.2, 0.25) is 0 Å². The number of halogens is 1. The van der Waals surface area contributed by atoms with Crippen molar-refractivity contribution in [3.63, 3.8) is 0 Å². The summed E-state index contributed by atoms with van der Waals surface area (Å²) in [6.07, 6.45) is 6.70. The highest BCUT2D eigenvalue weighted by Gasteiger charge is 2.22. The smallest absolute Gasteiger partial charge is 0.123 e. The number of nitrogens with one attached hydrogen (secondary N) is 1. The number of rotatable bonds is 9. The molecule has 0 saturated heterocycles. The molecule has 0 aromatic heterocycles. The van der Waals surface area contributed by atoms with E-state index >= 15 is 0 Å². The third kappa shape index (κ3) is 5.96. The SMILES string of the molecule is CCCNC(CCC1CC1)CSc1ccc(F)cc1. The average Bonchev–Trinajstić information content (AvgIpc) is 3.24. The molecule has 3 heteroatoms. The van der Waals surface area contributed by atoms with Crippen LogP contribution in [0.3, 0.4) is 0 Å². The molecule has 1 atom stereocenters. The molecule has 0 bridgehead atoms. The lowest BCUT2D eigenvalue weighted by molar-refractivity contribution is 0.489. The summed E-state index contributed by atoms with van der Waals surface area (Å²) in [5.41, 5.74) is 0. The Morgan fingerprint density at radius 2 is 2.05 bits per heavy atom. The van der Waals surface area contributed by atoms with Gasteiger partial charge in [0, 0.05) is 16.7 Å². The van der Waals surface area contributed by atoms with Gasteiger partial charge in [-0.05, 0) is 56.0 Å². The highest BCUT2D eigenvalue weighted by Crippen LogP contribution is 2.34. The van der Waals surface area contributed by atoms with Crippen LogP contribution in [0, 0.1) is 11.7 Å². The maximum Gasteiger partial charge on any atom is 0.123 e. The van der Waals surface area contributed by atoms with Gasteiger partial charge in [-0.3, -0.25) is 0 Å². The predicted molar refractivity (Wildman–Crippen MR) is 81.2 cm³/mol. The van der Waals surface area contributed by atoms with Gasteiger partial charge in [-0.2, -0.15) is 0 Å². The maximum atomic E-state index is 12.8. The third-order valence-corrected chi connectivity index (χ3v) is 4.74. The summed E-state index contributed by atoms with van der Waals surface area (Å²) in [5.74, 6) is 1.93. The van der Waals surface area contributed by atoms with Gasteiger partial charge in [-0.25, -0.2) is 4.39 Å². The first-order valence-electron chi connectivity index (χ1n) is 7.39. The van der Waals surface area contributed by atoms with Gasteiger partial charge in [0.1, 0.15) is 5.82 Å². The molecule has 1 unspecified atom stereocenters. The summed E-state index contributed by atoms with van der Waals surface area (Å²) >= 11 is 1.83. The fourth-order valence-electron chi connectivity index (χ4n) is 2.16. The lowest BCUT2D eigenvalue weighted by atomic mass is 10.1. The largest absolute Gasteiger partial charge is 0.313 e. The fourth-order valence-corrected chi connectivity index (χ4v) is 3.17. The van der Waals surface area contributed by atoms with Crippen LogP contribution in [0.1, 0.15) is 39.0 Å². The average molecular weight is 281 g/mol. The number of benzene rings is 1. The Morgan fingerprint density at radius 1 is 1.32 bits per heavy atom. The van der Waals surface area contributed by atoms with Gasteiger partial charge in [0.05, 0.1) is 0 Å². The molecular formula is C16H24FNS. The van der Waals surface area contributed by atoms with Crippen molar-refractivity contribution < 1.29 is 4.39 Å². The normalized spacial score (nSPS) is 16.5. The Morgan fingerprint density at radius 3 is 2.68 bits per heavy atom. The minimum atomic E-state index is -0.154. The minimum Gasteiger partial charge on any atom is -0.313 e. The summed E-state index contributed by atoms with van der Waals surface area (Å²) in [4.78, 5) is 1.16. The van der Waals surface area contributed by atoms with Gasteiger partial charge in [0.25, 0.3) is 0 Å². The van der Waals surface area contributed by atoms with Crippen LogP contribution < -0.4 is 5.32 Å². The van der Waals surface area contributed by atoms with Crippen LogP contribution in [-0.4, -0.2) is 18.3 Å². The number of thioether (sulfide) groups is 1. The van der Waals surface area contributed by atoms with Crippen LogP contribution in [0.25, 0.3) is 0 Å². The molecule has 1 nitrogen and oxygen atoms in total. The highest BCUT2D eigenvalue weighted by molar-refractivity contribution is 7.99. The zero-order valence-electron chi connectivity index (χ0n) is 11.7. The second-order valence-corrected chi connectivity index (χ2v) is 6.53. The molecule has 0 spiro atoms. The Kier molecular flexibility index (Phi) is 6.18. The summed E-state index contributed by atoms with van der Waals surface area (Å²) < 4.78 is 12.8. The van der Waals surface area contributed by atoms with Gasteiger partial charge >= 0.3 is 0 Å². The minimum absolute atomic E-state index is 0.154. The van der Waals surface area contributed by atoms with E-state index < -0.39 is 0 Å². The van der Waals surface area contributed by atoms with Crippen LogP contribution in [0.4, 0.5) is 4.39 Å². The molecule has 1 aromatic rings. The van der Waals surface area contributed by atoms with Crippen LogP contribution in [0.5, 0.6) is 0 Å². The van der Waals surface area contributed by atoms with Crippen molar-refractivity contribution in [3.05, 3.63) is 30.1 Å². The van der Waals surface area contributed by atoms with E-state index in [0.717, 1.165) is 23.1 Å². The Labute approximate surface area is 120 Å². The summed E-state index contributed by atoms with van der Waals surface area (Å²) in [6, 6.07) is 7.42. The molecular weight excluding hydrogens is 257 g/mol. The second kappa shape index (κ2) is 7.91. The van der Waals surface area contributed by atoms with E-state index in [4.69, 9.17) is 0 Å². The standard InChI is InChI=1S/C16H24FNS/c1-2-11-18-15(8-5-13-3-4-13)12-19-16-9-6-14(17)7-10-16/h6-7,9-10,13,15,18H,2-5,8,11-12H2,1H3. The van der Waals surface area contributed by atoms with E-state index in [1.54, 1.807) is 12.1 Å². The van der Waals surface area contributed by atoms with E-state index in [9.17, 15) is 4.39 Å². The zero-order chi connectivity index (χ0) is 13.5. The molecule has 1 aliphatic rings. The van der Waals surface area contributed by atoms with Crippen LogP contribution >= 0.6 is 11.8 Å². The first kappa shape index (κ1) is 14.9. The molecule has 0 aliphatic heterocycles. The Balaban J connectivity index is 1.74. The van der Waals surface area contributed by atoms with E-state index in [2.05, 4.69) is 12.2 Å². The van der Waals surface area contributed by atoms with Crippen LogP contribution in [-0.2, 0) is 0 Å². The predicted octanol–water partition coefficient (Wildman–Crippen LogP) is 4.48. The van der Waals surface area contributed by atoms with E-state index in [1.165, 1.54) is 32.1 Å². The quantitative estimate of drug-likeness (QED) is 0.670. The first-order chi connectivity index (χ1) is 9.28. The molecule has 0 amide bonds. The lowest BCUT2D eigenvalue weighted by Gasteiger charge is -2.18. The molecule has 0 heterocycles. The molecule has 1 fully saturated rings. The molecule has 1 N–H and O–H groups in total. The monoisotopic (exact) mass is 281 g/mol. The van der Waals surface area contributed by atoms with E-state index in [-0.39, 0.29) is 5.82 Å². The number of hydrogen-bond acceptors (Lipinski definition) is 2. The molecule has 19 heavy (non-hydrogen) atoms. The molecule has 1 aromatic carbocycles. The molecule has 1 saturated carbocycles.